The highest BCUT2D eigenvalue weighted by Crippen LogP contribution is 2.34. The minimum absolute atomic E-state index is 0.167. The van der Waals surface area contributed by atoms with Crippen molar-refractivity contribution in [1.29, 1.82) is 0 Å². The van der Waals surface area contributed by atoms with Crippen molar-refractivity contribution in [3.63, 3.8) is 0 Å². The van der Waals surface area contributed by atoms with E-state index in [1.807, 2.05) is 13.0 Å². The molecule has 0 unspecified atom stereocenters. The zero-order valence-electron chi connectivity index (χ0n) is 16.3. The number of fused-ring (bicyclic) bond motifs is 1. The standard InChI is InChI=1S/C20H23ClN2O5S/c1-14-5-6-15(12-17(14)21)22-20(24)4-3-9-23(29(2,25)26)16-7-8-18-19(13-16)28-11-10-27-18/h5-8,12-13H,3-4,9-11H2,1-2H3,(H,22,24). The molecule has 1 aliphatic heterocycles. The van der Waals surface area contributed by atoms with E-state index in [2.05, 4.69) is 5.32 Å². The van der Waals surface area contributed by atoms with Gasteiger partial charge in [0.15, 0.2) is 11.5 Å². The number of anilines is 2. The molecule has 3 rings (SSSR count). The van der Waals surface area contributed by atoms with Crippen LogP contribution in [0, 0.1) is 6.92 Å². The van der Waals surface area contributed by atoms with Crippen LogP contribution in [0.5, 0.6) is 11.5 Å². The Hall–Kier alpha value is -2.45. The Morgan fingerprint density at radius 2 is 1.86 bits per heavy atom. The summed E-state index contributed by atoms with van der Waals surface area (Å²) in [5, 5.41) is 3.35. The van der Waals surface area contributed by atoms with Crippen LogP contribution in [0.25, 0.3) is 0 Å². The molecule has 29 heavy (non-hydrogen) atoms. The zero-order valence-corrected chi connectivity index (χ0v) is 17.8. The molecule has 2 aromatic rings. The quantitative estimate of drug-likeness (QED) is 0.713. The van der Waals surface area contributed by atoms with E-state index >= 15 is 0 Å². The largest absolute Gasteiger partial charge is 0.486 e. The summed E-state index contributed by atoms with van der Waals surface area (Å²) in [5.74, 6) is 0.890. The van der Waals surface area contributed by atoms with Crippen LogP contribution in [-0.4, -0.2) is 40.3 Å². The van der Waals surface area contributed by atoms with E-state index in [9.17, 15) is 13.2 Å². The predicted molar refractivity (Wildman–Crippen MR) is 114 cm³/mol. The fourth-order valence-electron chi connectivity index (χ4n) is 2.95. The Kier molecular flexibility index (Phi) is 6.54. The molecule has 0 aliphatic carbocycles. The highest BCUT2D eigenvalue weighted by Gasteiger charge is 2.21. The van der Waals surface area contributed by atoms with Crippen LogP contribution in [0.4, 0.5) is 11.4 Å². The number of ether oxygens (including phenoxy) is 2. The summed E-state index contributed by atoms with van der Waals surface area (Å²) in [6, 6.07) is 10.3. The predicted octanol–water partition coefficient (Wildman–Crippen LogP) is 3.60. The number of sulfonamides is 1. The van der Waals surface area contributed by atoms with E-state index in [1.165, 1.54) is 4.31 Å². The summed E-state index contributed by atoms with van der Waals surface area (Å²) in [5.41, 5.74) is 2.01. The fourth-order valence-corrected chi connectivity index (χ4v) is 4.09. The molecule has 0 atom stereocenters. The Morgan fingerprint density at radius 1 is 1.14 bits per heavy atom. The van der Waals surface area contributed by atoms with Crippen LogP contribution in [0.3, 0.4) is 0 Å². The monoisotopic (exact) mass is 438 g/mol. The summed E-state index contributed by atoms with van der Waals surface area (Å²) in [7, 11) is -3.52. The maximum atomic E-state index is 12.3. The minimum atomic E-state index is -3.52. The molecule has 156 valence electrons. The van der Waals surface area contributed by atoms with Gasteiger partial charge in [0.1, 0.15) is 13.2 Å². The van der Waals surface area contributed by atoms with Gasteiger partial charge in [0.05, 0.1) is 11.9 Å². The minimum Gasteiger partial charge on any atom is -0.486 e. The smallest absolute Gasteiger partial charge is 0.232 e. The van der Waals surface area contributed by atoms with E-state index in [4.69, 9.17) is 21.1 Å². The average Bonchev–Trinajstić information content (AvgIpc) is 2.67. The number of hydrogen-bond acceptors (Lipinski definition) is 5. The number of amides is 1. The zero-order chi connectivity index (χ0) is 21.0. The van der Waals surface area contributed by atoms with Crippen LogP contribution in [0.2, 0.25) is 5.02 Å². The molecule has 0 spiro atoms. The van der Waals surface area contributed by atoms with Gasteiger partial charge in [-0.2, -0.15) is 0 Å². The molecule has 1 aliphatic rings. The molecule has 0 radical (unpaired) electrons. The van der Waals surface area contributed by atoms with Gasteiger partial charge in [-0.3, -0.25) is 9.10 Å². The molecule has 9 heteroatoms. The molecule has 2 aromatic carbocycles. The van der Waals surface area contributed by atoms with Crippen molar-refractivity contribution < 1.29 is 22.7 Å². The average molecular weight is 439 g/mol. The topological polar surface area (TPSA) is 84.9 Å². The van der Waals surface area contributed by atoms with E-state index in [0.29, 0.717) is 47.5 Å². The van der Waals surface area contributed by atoms with E-state index < -0.39 is 10.0 Å². The number of carbonyl (C=O) groups excluding carboxylic acids is 1. The van der Waals surface area contributed by atoms with Crippen LogP contribution >= 0.6 is 11.6 Å². The van der Waals surface area contributed by atoms with E-state index in [0.717, 1.165) is 11.8 Å². The van der Waals surface area contributed by atoms with Gasteiger partial charge in [-0.25, -0.2) is 8.42 Å². The third-order valence-electron chi connectivity index (χ3n) is 4.43. The van der Waals surface area contributed by atoms with Crippen molar-refractivity contribution in [3.05, 3.63) is 47.0 Å². The van der Waals surface area contributed by atoms with Gasteiger partial charge in [-0.15, -0.1) is 0 Å². The molecule has 0 saturated carbocycles. The molecule has 1 N–H and O–H groups in total. The van der Waals surface area contributed by atoms with Gasteiger partial charge in [-0.1, -0.05) is 17.7 Å². The molecular weight excluding hydrogens is 416 g/mol. The number of rotatable bonds is 7. The van der Waals surface area contributed by atoms with E-state index in [1.54, 1.807) is 30.3 Å². The molecule has 0 bridgehead atoms. The lowest BCUT2D eigenvalue weighted by Crippen LogP contribution is -2.31. The first-order valence-corrected chi connectivity index (χ1v) is 11.4. The lowest BCUT2D eigenvalue weighted by Gasteiger charge is -2.25. The second-order valence-electron chi connectivity index (χ2n) is 6.78. The van der Waals surface area contributed by atoms with Crippen molar-refractivity contribution in [1.82, 2.24) is 0 Å². The number of benzene rings is 2. The van der Waals surface area contributed by atoms with Gasteiger partial charge in [0.2, 0.25) is 15.9 Å². The number of halogens is 1. The number of hydrogen-bond donors (Lipinski definition) is 1. The van der Waals surface area contributed by atoms with Gasteiger partial charge >= 0.3 is 0 Å². The van der Waals surface area contributed by atoms with Crippen molar-refractivity contribution in [3.8, 4) is 11.5 Å². The highest BCUT2D eigenvalue weighted by molar-refractivity contribution is 7.92. The van der Waals surface area contributed by atoms with Crippen LogP contribution in [-0.2, 0) is 14.8 Å². The van der Waals surface area contributed by atoms with Crippen molar-refractivity contribution in [2.45, 2.75) is 19.8 Å². The van der Waals surface area contributed by atoms with Crippen molar-refractivity contribution in [2.75, 3.05) is 35.6 Å². The lowest BCUT2D eigenvalue weighted by atomic mass is 10.2. The van der Waals surface area contributed by atoms with Gasteiger partial charge in [-0.05, 0) is 43.2 Å². The van der Waals surface area contributed by atoms with Crippen LogP contribution < -0.4 is 19.1 Å². The number of nitrogens with zero attached hydrogens (tertiary/aromatic N) is 1. The third kappa shape index (κ3) is 5.55. The second-order valence-corrected chi connectivity index (χ2v) is 9.09. The fraction of sp³-hybridized carbons (Fsp3) is 0.350. The first-order valence-electron chi connectivity index (χ1n) is 9.17. The van der Waals surface area contributed by atoms with E-state index in [-0.39, 0.29) is 18.9 Å². The molecular formula is C20H23ClN2O5S. The second kappa shape index (κ2) is 8.92. The Labute approximate surface area is 175 Å². The normalized spacial score (nSPS) is 13.1. The maximum Gasteiger partial charge on any atom is 0.232 e. The molecule has 0 aromatic heterocycles. The number of carbonyl (C=O) groups is 1. The molecule has 7 nitrogen and oxygen atoms in total. The Balaban J connectivity index is 1.62. The molecule has 0 saturated heterocycles. The molecule has 1 heterocycles. The van der Waals surface area contributed by atoms with Gasteiger partial charge < -0.3 is 14.8 Å². The summed E-state index contributed by atoms with van der Waals surface area (Å²) >= 11 is 6.07. The first-order chi connectivity index (χ1) is 13.7. The Bertz CT molecular complexity index is 1010. The van der Waals surface area contributed by atoms with Crippen molar-refractivity contribution in [2.24, 2.45) is 0 Å². The highest BCUT2D eigenvalue weighted by atomic mass is 35.5. The summed E-state index contributed by atoms with van der Waals surface area (Å²) in [6.45, 7) is 2.92. The number of nitrogens with one attached hydrogen (secondary N) is 1. The SMILES string of the molecule is Cc1ccc(NC(=O)CCCN(c2ccc3c(c2)OCCO3)S(C)(=O)=O)cc1Cl. The molecule has 1 amide bonds. The molecule has 0 fully saturated rings. The summed E-state index contributed by atoms with van der Waals surface area (Å²) in [4.78, 5) is 12.2. The summed E-state index contributed by atoms with van der Waals surface area (Å²) < 4.78 is 36.8. The van der Waals surface area contributed by atoms with Crippen LogP contribution in [0.15, 0.2) is 36.4 Å². The summed E-state index contributed by atoms with van der Waals surface area (Å²) in [6.07, 6.45) is 1.66. The lowest BCUT2D eigenvalue weighted by molar-refractivity contribution is -0.116. The first kappa shape index (κ1) is 21.3. The van der Waals surface area contributed by atoms with Gasteiger partial charge in [0.25, 0.3) is 0 Å². The Morgan fingerprint density at radius 3 is 2.55 bits per heavy atom. The third-order valence-corrected chi connectivity index (χ3v) is 6.04. The van der Waals surface area contributed by atoms with Crippen molar-refractivity contribution >= 4 is 38.9 Å². The van der Waals surface area contributed by atoms with Crippen LogP contribution in [0.1, 0.15) is 18.4 Å². The van der Waals surface area contributed by atoms with Gasteiger partial charge in [0, 0.05) is 29.7 Å². The maximum absolute atomic E-state index is 12.3. The number of aryl methyl sites for hydroxylation is 1.